The van der Waals surface area contributed by atoms with Crippen molar-refractivity contribution in [2.75, 3.05) is 11.4 Å². The van der Waals surface area contributed by atoms with E-state index in [0.29, 0.717) is 5.92 Å². The Morgan fingerprint density at radius 1 is 1.25 bits per heavy atom. The molecule has 3 nitrogen and oxygen atoms in total. The second kappa shape index (κ2) is 5.72. The first-order valence-electron chi connectivity index (χ1n) is 8.09. The van der Waals surface area contributed by atoms with Crippen LogP contribution in [0.3, 0.4) is 0 Å². The molecule has 2 fully saturated rings. The zero-order valence-corrected chi connectivity index (χ0v) is 13.0. The summed E-state index contributed by atoms with van der Waals surface area (Å²) in [7, 11) is 0. The van der Waals surface area contributed by atoms with E-state index in [1.165, 1.54) is 37.1 Å². The van der Waals surface area contributed by atoms with E-state index in [1.54, 1.807) is 0 Å². The summed E-state index contributed by atoms with van der Waals surface area (Å²) >= 11 is 0. The molecule has 3 heteroatoms. The molecular weight excluding hydrogens is 246 g/mol. The van der Waals surface area contributed by atoms with Crippen molar-refractivity contribution in [3.05, 3.63) is 23.4 Å². The summed E-state index contributed by atoms with van der Waals surface area (Å²) in [6.45, 7) is 8.81. The molecule has 0 radical (unpaired) electrons. The second-order valence-corrected chi connectivity index (χ2v) is 6.91. The van der Waals surface area contributed by atoms with Gasteiger partial charge in [-0.15, -0.1) is 0 Å². The molecule has 2 saturated carbocycles. The number of nitrogens with zero attached hydrogens (tertiary/aromatic N) is 2. The smallest absolute Gasteiger partial charge is 0.129 e. The molecule has 0 amide bonds. The Labute approximate surface area is 122 Å². The van der Waals surface area contributed by atoms with Gasteiger partial charge in [0.25, 0.3) is 0 Å². The fourth-order valence-electron chi connectivity index (χ4n) is 2.73. The molecule has 1 aromatic heterocycles. The van der Waals surface area contributed by atoms with E-state index in [0.717, 1.165) is 30.9 Å². The number of pyridine rings is 1. The quantitative estimate of drug-likeness (QED) is 0.826. The topological polar surface area (TPSA) is 28.2 Å². The lowest BCUT2D eigenvalue weighted by atomic mass is 10.1. The molecule has 20 heavy (non-hydrogen) atoms. The maximum Gasteiger partial charge on any atom is 0.129 e. The van der Waals surface area contributed by atoms with Gasteiger partial charge in [0, 0.05) is 30.9 Å². The van der Waals surface area contributed by atoms with E-state index >= 15 is 0 Å². The van der Waals surface area contributed by atoms with Crippen LogP contribution < -0.4 is 10.2 Å². The van der Waals surface area contributed by atoms with Crippen molar-refractivity contribution in [1.82, 2.24) is 10.3 Å². The standard InChI is InChI=1S/C17H27N3/c1-12(2)11-20(16-6-7-16)17-9-14(8-13(3)19-17)10-18-15-4-5-15/h8-9,12,15-16,18H,4-7,10-11H2,1-3H3. The molecule has 0 spiro atoms. The maximum atomic E-state index is 4.79. The molecule has 0 aromatic carbocycles. The van der Waals surface area contributed by atoms with E-state index in [1.807, 2.05) is 0 Å². The van der Waals surface area contributed by atoms with Crippen molar-refractivity contribution < 1.29 is 0 Å². The van der Waals surface area contributed by atoms with Crippen LogP contribution in [0.5, 0.6) is 0 Å². The monoisotopic (exact) mass is 273 g/mol. The zero-order chi connectivity index (χ0) is 14.1. The van der Waals surface area contributed by atoms with Gasteiger partial charge in [0.2, 0.25) is 0 Å². The normalized spacial score (nSPS) is 18.6. The van der Waals surface area contributed by atoms with Gasteiger partial charge in [0.05, 0.1) is 0 Å². The third-order valence-corrected chi connectivity index (χ3v) is 4.02. The van der Waals surface area contributed by atoms with Crippen molar-refractivity contribution in [3.8, 4) is 0 Å². The number of anilines is 1. The van der Waals surface area contributed by atoms with Crippen LogP contribution in [-0.4, -0.2) is 23.6 Å². The first kappa shape index (κ1) is 13.9. The van der Waals surface area contributed by atoms with Crippen LogP contribution in [0.4, 0.5) is 5.82 Å². The van der Waals surface area contributed by atoms with Crippen molar-refractivity contribution in [1.29, 1.82) is 0 Å². The number of hydrogen-bond donors (Lipinski definition) is 1. The summed E-state index contributed by atoms with van der Waals surface area (Å²) in [6.07, 6.45) is 5.35. The lowest BCUT2D eigenvalue weighted by Crippen LogP contribution is -2.31. The number of aromatic nitrogens is 1. The maximum absolute atomic E-state index is 4.79. The molecule has 0 atom stereocenters. The minimum Gasteiger partial charge on any atom is -0.353 e. The molecule has 1 N–H and O–H groups in total. The molecule has 2 aliphatic rings. The molecule has 1 aromatic rings. The third-order valence-electron chi connectivity index (χ3n) is 4.02. The van der Waals surface area contributed by atoms with Gasteiger partial charge in [-0.1, -0.05) is 13.8 Å². The third kappa shape index (κ3) is 3.72. The summed E-state index contributed by atoms with van der Waals surface area (Å²) < 4.78 is 0. The van der Waals surface area contributed by atoms with Crippen molar-refractivity contribution in [2.45, 2.75) is 65.1 Å². The minimum absolute atomic E-state index is 0.686. The average molecular weight is 273 g/mol. The molecule has 0 unspecified atom stereocenters. The Balaban J connectivity index is 1.75. The summed E-state index contributed by atoms with van der Waals surface area (Å²) in [5.74, 6) is 1.87. The Morgan fingerprint density at radius 3 is 2.60 bits per heavy atom. The van der Waals surface area contributed by atoms with Crippen LogP contribution in [0.25, 0.3) is 0 Å². The van der Waals surface area contributed by atoms with Gasteiger partial charge in [0.1, 0.15) is 5.82 Å². The highest BCUT2D eigenvalue weighted by molar-refractivity contribution is 5.45. The Bertz CT molecular complexity index is 461. The lowest BCUT2D eigenvalue weighted by molar-refractivity contribution is 0.601. The number of rotatable bonds is 7. The lowest BCUT2D eigenvalue weighted by Gasteiger charge is -2.26. The Morgan fingerprint density at radius 2 is 2.00 bits per heavy atom. The SMILES string of the molecule is Cc1cc(CNC2CC2)cc(N(CC(C)C)C2CC2)n1. The van der Waals surface area contributed by atoms with Crippen molar-refractivity contribution >= 4 is 5.82 Å². The highest BCUT2D eigenvalue weighted by atomic mass is 15.2. The molecule has 110 valence electrons. The van der Waals surface area contributed by atoms with E-state index in [9.17, 15) is 0 Å². The fraction of sp³-hybridized carbons (Fsp3) is 0.706. The first-order valence-corrected chi connectivity index (χ1v) is 8.09. The molecule has 2 aliphatic carbocycles. The molecule has 0 aliphatic heterocycles. The highest BCUT2D eigenvalue weighted by Crippen LogP contribution is 2.32. The minimum atomic E-state index is 0.686. The van der Waals surface area contributed by atoms with Crippen molar-refractivity contribution in [2.24, 2.45) is 5.92 Å². The van der Waals surface area contributed by atoms with Gasteiger partial charge >= 0.3 is 0 Å². The largest absolute Gasteiger partial charge is 0.353 e. The number of aryl methyl sites for hydroxylation is 1. The van der Waals surface area contributed by atoms with Gasteiger partial charge in [-0.3, -0.25) is 0 Å². The van der Waals surface area contributed by atoms with Crippen LogP contribution in [0.15, 0.2) is 12.1 Å². The zero-order valence-electron chi connectivity index (χ0n) is 13.0. The van der Waals surface area contributed by atoms with E-state index < -0.39 is 0 Å². The summed E-state index contributed by atoms with van der Waals surface area (Å²) in [5.41, 5.74) is 2.53. The summed E-state index contributed by atoms with van der Waals surface area (Å²) in [4.78, 5) is 7.32. The van der Waals surface area contributed by atoms with Crippen LogP contribution in [0.2, 0.25) is 0 Å². The summed E-state index contributed by atoms with van der Waals surface area (Å²) in [5, 5.41) is 3.61. The molecule has 0 bridgehead atoms. The predicted molar refractivity (Wildman–Crippen MR) is 84.0 cm³/mol. The average Bonchev–Trinajstić information content (AvgIpc) is 3.26. The van der Waals surface area contributed by atoms with E-state index in [2.05, 4.69) is 43.1 Å². The van der Waals surface area contributed by atoms with Crippen LogP contribution in [0.1, 0.15) is 50.8 Å². The predicted octanol–water partition coefficient (Wildman–Crippen LogP) is 3.27. The van der Waals surface area contributed by atoms with Crippen molar-refractivity contribution in [3.63, 3.8) is 0 Å². The first-order chi connectivity index (χ1) is 9.61. The number of hydrogen-bond acceptors (Lipinski definition) is 3. The highest BCUT2D eigenvalue weighted by Gasteiger charge is 2.30. The fourth-order valence-corrected chi connectivity index (χ4v) is 2.73. The van der Waals surface area contributed by atoms with Gasteiger partial charge in [0.15, 0.2) is 0 Å². The Hall–Kier alpha value is -1.09. The summed E-state index contributed by atoms with van der Waals surface area (Å²) in [6, 6.07) is 6.01. The van der Waals surface area contributed by atoms with Gasteiger partial charge in [-0.05, 0) is 56.2 Å². The van der Waals surface area contributed by atoms with Crippen LogP contribution in [0, 0.1) is 12.8 Å². The molecular formula is C17H27N3. The Kier molecular flexibility index (Phi) is 3.97. The van der Waals surface area contributed by atoms with Crippen LogP contribution in [-0.2, 0) is 6.54 Å². The van der Waals surface area contributed by atoms with E-state index in [-0.39, 0.29) is 0 Å². The number of nitrogens with one attached hydrogen (secondary N) is 1. The van der Waals surface area contributed by atoms with E-state index in [4.69, 9.17) is 4.98 Å². The second-order valence-electron chi connectivity index (χ2n) is 6.91. The van der Waals surface area contributed by atoms with Gasteiger partial charge < -0.3 is 10.2 Å². The molecule has 3 rings (SSSR count). The van der Waals surface area contributed by atoms with Crippen LogP contribution >= 0.6 is 0 Å². The van der Waals surface area contributed by atoms with Gasteiger partial charge in [-0.25, -0.2) is 4.98 Å². The van der Waals surface area contributed by atoms with Gasteiger partial charge in [-0.2, -0.15) is 0 Å². The molecule has 1 heterocycles. The molecule has 0 saturated heterocycles.